The molecule has 0 spiro atoms. The Hall–Kier alpha value is -2.54. The molecule has 1 N–H and O–H groups in total. The van der Waals surface area contributed by atoms with Gasteiger partial charge in [-0.3, -0.25) is 0 Å². The largest absolute Gasteiger partial charge is 0.508 e. The molecule has 0 radical (unpaired) electrons. The third-order valence-corrected chi connectivity index (χ3v) is 6.25. The van der Waals surface area contributed by atoms with Gasteiger partial charge in [0.25, 0.3) is 0 Å². The molecule has 0 heterocycles. The highest BCUT2D eigenvalue weighted by Crippen LogP contribution is 2.54. The summed E-state index contributed by atoms with van der Waals surface area (Å²) in [6, 6.07) is 31.1. The summed E-state index contributed by atoms with van der Waals surface area (Å²) in [6.45, 7) is 7.26. The van der Waals surface area contributed by atoms with Crippen molar-refractivity contribution >= 4 is 0 Å². The van der Waals surface area contributed by atoms with Gasteiger partial charge in [0.05, 0.1) is 0 Å². The van der Waals surface area contributed by atoms with Crippen LogP contribution < -0.4 is 0 Å². The van der Waals surface area contributed by atoms with Crippen molar-refractivity contribution in [2.75, 3.05) is 0 Å². The molecule has 0 saturated heterocycles. The highest BCUT2D eigenvalue weighted by atomic mass is 16.3. The number of phenols is 1. The predicted molar refractivity (Wildman–Crippen MR) is 123 cm³/mol. The van der Waals surface area contributed by atoms with Gasteiger partial charge in [0.1, 0.15) is 5.75 Å². The number of aromatic hydroxyl groups is 1. The van der Waals surface area contributed by atoms with Gasteiger partial charge in [0, 0.05) is 5.41 Å². The summed E-state index contributed by atoms with van der Waals surface area (Å²) in [5.74, 6) is 1.13. The number of hydrogen-bond acceptors (Lipinski definition) is 1. The average Bonchev–Trinajstić information content (AvgIpc) is 2.75. The molecule has 29 heavy (non-hydrogen) atoms. The van der Waals surface area contributed by atoms with Gasteiger partial charge >= 0.3 is 0 Å². The maximum absolute atomic E-state index is 8.63. The maximum atomic E-state index is 8.63. The van der Waals surface area contributed by atoms with E-state index < -0.39 is 0 Å². The maximum Gasteiger partial charge on any atom is 0.115 e. The Balaban J connectivity index is 0.000000290. The molecule has 1 aliphatic rings. The Morgan fingerprint density at radius 1 is 0.724 bits per heavy atom. The fourth-order valence-corrected chi connectivity index (χ4v) is 5.15. The van der Waals surface area contributed by atoms with E-state index in [1.807, 2.05) is 6.07 Å². The minimum absolute atomic E-state index is 0.172. The average molecular weight is 387 g/mol. The number of hydrogen-bond donors (Lipinski definition) is 1. The summed E-state index contributed by atoms with van der Waals surface area (Å²) in [4.78, 5) is 0. The van der Waals surface area contributed by atoms with Gasteiger partial charge in [0.15, 0.2) is 0 Å². The molecule has 3 aromatic rings. The quantitative estimate of drug-likeness (QED) is 0.491. The number of phenolic OH excluding ortho intramolecular Hbond substituents is 1. The zero-order valence-electron chi connectivity index (χ0n) is 18.0. The van der Waals surface area contributed by atoms with Crippen LogP contribution in [0, 0.1) is 11.3 Å². The molecule has 0 bridgehead atoms. The Morgan fingerprint density at radius 2 is 1.17 bits per heavy atom. The summed E-state index contributed by atoms with van der Waals surface area (Å²) in [5, 5.41) is 8.63. The smallest absolute Gasteiger partial charge is 0.115 e. The SMILES string of the molecule is CCC1CC(C)(C)CC(c2ccccc2)(c2ccccc2)C1.Oc1ccccc1. The van der Waals surface area contributed by atoms with E-state index in [1.54, 1.807) is 24.3 Å². The molecular weight excluding hydrogens is 352 g/mol. The summed E-state index contributed by atoms with van der Waals surface area (Å²) in [6.07, 6.45) is 5.15. The lowest BCUT2D eigenvalue weighted by Crippen LogP contribution is -2.41. The van der Waals surface area contributed by atoms with E-state index in [0.717, 1.165) is 5.92 Å². The van der Waals surface area contributed by atoms with Crippen LogP contribution in [0.1, 0.15) is 57.6 Å². The van der Waals surface area contributed by atoms with Gasteiger partial charge in [-0.15, -0.1) is 0 Å². The van der Waals surface area contributed by atoms with E-state index in [0.29, 0.717) is 11.2 Å². The first-order valence-corrected chi connectivity index (χ1v) is 10.8. The van der Waals surface area contributed by atoms with E-state index in [9.17, 15) is 0 Å². The van der Waals surface area contributed by atoms with Crippen molar-refractivity contribution in [3.8, 4) is 5.75 Å². The van der Waals surface area contributed by atoms with Gasteiger partial charge < -0.3 is 5.11 Å². The van der Waals surface area contributed by atoms with E-state index >= 15 is 0 Å². The van der Waals surface area contributed by atoms with Gasteiger partial charge in [-0.1, -0.05) is 106 Å². The van der Waals surface area contributed by atoms with E-state index in [4.69, 9.17) is 5.11 Å². The van der Waals surface area contributed by atoms with E-state index in [2.05, 4.69) is 81.4 Å². The van der Waals surface area contributed by atoms with Gasteiger partial charge in [-0.25, -0.2) is 0 Å². The fraction of sp³-hybridized carbons (Fsp3) is 0.357. The lowest BCUT2D eigenvalue weighted by atomic mass is 9.55. The number of rotatable bonds is 3. The highest BCUT2D eigenvalue weighted by Gasteiger charge is 2.45. The van der Waals surface area contributed by atoms with Crippen molar-refractivity contribution in [3.63, 3.8) is 0 Å². The lowest BCUT2D eigenvalue weighted by molar-refractivity contribution is 0.115. The van der Waals surface area contributed by atoms with Crippen LogP contribution in [0.4, 0.5) is 0 Å². The molecule has 0 aromatic heterocycles. The predicted octanol–water partition coefficient (Wildman–Crippen LogP) is 7.60. The Morgan fingerprint density at radius 3 is 1.55 bits per heavy atom. The second-order valence-corrected chi connectivity index (χ2v) is 9.17. The van der Waals surface area contributed by atoms with Crippen LogP contribution in [-0.4, -0.2) is 5.11 Å². The molecule has 3 aromatic carbocycles. The fourth-order valence-electron chi connectivity index (χ4n) is 5.15. The molecule has 152 valence electrons. The monoisotopic (exact) mass is 386 g/mol. The minimum atomic E-state index is 0.172. The molecular formula is C28H34O. The van der Waals surface area contributed by atoms with Crippen molar-refractivity contribution in [2.45, 2.75) is 51.9 Å². The Bertz CT molecular complexity index is 813. The second kappa shape index (κ2) is 9.31. The van der Waals surface area contributed by atoms with Gasteiger partial charge in [-0.2, -0.15) is 0 Å². The highest BCUT2D eigenvalue weighted by molar-refractivity contribution is 5.40. The van der Waals surface area contributed by atoms with Crippen LogP contribution >= 0.6 is 0 Å². The molecule has 1 saturated carbocycles. The second-order valence-electron chi connectivity index (χ2n) is 9.17. The lowest BCUT2D eigenvalue weighted by Gasteiger charge is -2.49. The van der Waals surface area contributed by atoms with Gasteiger partial charge in [-0.05, 0) is 53.9 Å². The molecule has 1 nitrogen and oxygen atoms in total. The first-order valence-electron chi connectivity index (χ1n) is 10.8. The molecule has 4 rings (SSSR count). The zero-order valence-corrected chi connectivity index (χ0v) is 18.0. The summed E-state index contributed by atoms with van der Waals surface area (Å²) in [5.41, 5.74) is 3.55. The third kappa shape index (κ3) is 5.29. The van der Waals surface area contributed by atoms with Crippen molar-refractivity contribution < 1.29 is 5.11 Å². The molecule has 1 fully saturated rings. The number of para-hydroxylation sites is 1. The molecule has 1 heteroatoms. The van der Waals surface area contributed by atoms with Crippen LogP contribution in [0.25, 0.3) is 0 Å². The van der Waals surface area contributed by atoms with Crippen LogP contribution in [0.15, 0.2) is 91.0 Å². The first-order chi connectivity index (χ1) is 14.0. The Labute approximate surface area is 176 Å². The van der Waals surface area contributed by atoms with E-state index in [1.165, 1.54) is 36.8 Å². The van der Waals surface area contributed by atoms with Crippen molar-refractivity contribution in [3.05, 3.63) is 102 Å². The summed E-state index contributed by atoms with van der Waals surface area (Å²) in [7, 11) is 0. The summed E-state index contributed by atoms with van der Waals surface area (Å²) >= 11 is 0. The molecule has 1 atom stereocenters. The first kappa shape index (κ1) is 21.2. The zero-order chi connectivity index (χ0) is 20.7. The topological polar surface area (TPSA) is 20.2 Å². The standard InChI is InChI=1S/C22H28.C6H6O/c1-4-18-15-21(2,3)17-22(16-18,19-11-7-5-8-12-19)20-13-9-6-10-14-20;7-6-4-2-1-3-5-6/h5-14,18H,4,15-17H2,1-3H3;1-5,7H. The van der Waals surface area contributed by atoms with Crippen LogP contribution in [-0.2, 0) is 5.41 Å². The minimum Gasteiger partial charge on any atom is -0.508 e. The van der Waals surface area contributed by atoms with E-state index in [-0.39, 0.29) is 5.41 Å². The van der Waals surface area contributed by atoms with Crippen molar-refractivity contribution in [1.29, 1.82) is 0 Å². The van der Waals surface area contributed by atoms with Crippen LogP contribution in [0.2, 0.25) is 0 Å². The number of benzene rings is 3. The van der Waals surface area contributed by atoms with Crippen LogP contribution in [0.5, 0.6) is 5.75 Å². The van der Waals surface area contributed by atoms with Gasteiger partial charge in [0.2, 0.25) is 0 Å². The van der Waals surface area contributed by atoms with Crippen LogP contribution in [0.3, 0.4) is 0 Å². The molecule has 0 amide bonds. The third-order valence-electron chi connectivity index (χ3n) is 6.25. The molecule has 1 unspecified atom stereocenters. The summed E-state index contributed by atoms with van der Waals surface area (Å²) < 4.78 is 0. The Kier molecular flexibility index (Phi) is 6.79. The van der Waals surface area contributed by atoms with Crippen molar-refractivity contribution in [1.82, 2.24) is 0 Å². The molecule has 0 aliphatic heterocycles. The normalized spacial score (nSPS) is 19.6. The van der Waals surface area contributed by atoms with Crippen molar-refractivity contribution in [2.24, 2.45) is 11.3 Å². The molecule has 1 aliphatic carbocycles.